The lowest BCUT2D eigenvalue weighted by molar-refractivity contribution is -0.133. The quantitative estimate of drug-likeness (QED) is 0.595. The zero-order valence-corrected chi connectivity index (χ0v) is 19.7. The number of rotatable bonds is 6. The van der Waals surface area contributed by atoms with Crippen molar-refractivity contribution in [2.24, 2.45) is 0 Å². The second-order valence-corrected chi connectivity index (χ2v) is 10.1. The van der Waals surface area contributed by atoms with Crippen molar-refractivity contribution in [3.05, 3.63) is 64.9 Å². The molecule has 1 aliphatic heterocycles. The molecule has 2 aromatic carbocycles. The predicted octanol–water partition coefficient (Wildman–Crippen LogP) is 5.00. The lowest BCUT2D eigenvalue weighted by Crippen LogP contribution is -2.56. The molecule has 0 radical (unpaired) electrons. The highest BCUT2D eigenvalue weighted by molar-refractivity contribution is 6.31. The van der Waals surface area contributed by atoms with E-state index in [0.717, 1.165) is 6.42 Å². The van der Waals surface area contributed by atoms with Crippen LogP contribution in [0.5, 0.6) is 0 Å². The first-order chi connectivity index (χ1) is 16.0. The molecule has 182 valence electrons. The van der Waals surface area contributed by atoms with Gasteiger partial charge in [-0.3, -0.25) is 14.5 Å². The summed E-state index contributed by atoms with van der Waals surface area (Å²) in [5, 5.41) is 6.15. The Morgan fingerprint density at radius 1 is 1.15 bits per heavy atom. The maximum Gasteiger partial charge on any atom is 0.252 e. The fraction of sp³-hybridized carbons (Fsp3) is 0.440. The van der Waals surface area contributed by atoms with Crippen LogP contribution in [0.1, 0.15) is 51.1 Å². The molecule has 34 heavy (non-hydrogen) atoms. The first-order valence-electron chi connectivity index (χ1n) is 11.2. The highest BCUT2D eigenvalue weighted by atomic mass is 35.5. The fourth-order valence-corrected chi connectivity index (χ4v) is 4.88. The van der Waals surface area contributed by atoms with Gasteiger partial charge in [0.2, 0.25) is 11.8 Å². The van der Waals surface area contributed by atoms with Crippen LogP contribution in [0.4, 0.5) is 18.9 Å². The van der Waals surface area contributed by atoms with Gasteiger partial charge in [0.15, 0.2) is 0 Å². The summed E-state index contributed by atoms with van der Waals surface area (Å²) in [7, 11) is 0. The highest BCUT2D eigenvalue weighted by Crippen LogP contribution is 2.39. The number of hydrogen-bond acceptors (Lipinski definition) is 3. The van der Waals surface area contributed by atoms with E-state index >= 15 is 0 Å². The van der Waals surface area contributed by atoms with Crippen LogP contribution >= 0.6 is 11.6 Å². The SMILES string of the molecule is CC1(C)CCC(C(=O)N(c2cccc(F)c2)C(C(=O)NC2CC(F)(F)C2)c2ccccc2Cl)N1. The highest BCUT2D eigenvalue weighted by Gasteiger charge is 2.48. The summed E-state index contributed by atoms with van der Waals surface area (Å²) in [6.07, 6.45) is 0.324. The number of carbonyl (C=O) groups excluding carboxylic acids is 2. The molecule has 5 nitrogen and oxygen atoms in total. The topological polar surface area (TPSA) is 61.4 Å². The third-order valence-corrected chi connectivity index (χ3v) is 6.73. The molecule has 2 aromatic rings. The number of halogens is 4. The van der Waals surface area contributed by atoms with E-state index in [1.807, 2.05) is 13.8 Å². The molecule has 2 N–H and O–H groups in total. The van der Waals surface area contributed by atoms with Crippen molar-refractivity contribution in [1.82, 2.24) is 10.6 Å². The van der Waals surface area contributed by atoms with Crippen molar-refractivity contribution in [2.75, 3.05) is 4.90 Å². The molecule has 0 aromatic heterocycles. The number of anilines is 1. The first-order valence-corrected chi connectivity index (χ1v) is 11.6. The van der Waals surface area contributed by atoms with Gasteiger partial charge in [-0.1, -0.05) is 35.9 Å². The summed E-state index contributed by atoms with van der Waals surface area (Å²) in [4.78, 5) is 28.6. The molecular formula is C25H27ClF3N3O2. The van der Waals surface area contributed by atoms with Gasteiger partial charge in [0.25, 0.3) is 5.92 Å². The van der Waals surface area contributed by atoms with Crippen LogP contribution < -0.4 is 15.5 Å². The summed E-state index contributed by atoms with van der Waals surface area (Å²) in [5.74, 6) is -4.47. The van der Waals surface area contributed by atoms with Gasteiger partial charge in [-0.05, 0) is 51.0 Å². The Bertz CT molecular complexity index is 1090. The van der Waals surface area contributed by atoms with Gasteiger partial charge in [-0.15, -0.1) is 0 Å². The van der Waals surface area contributed by atoms with E-state index in [9.17, 15) is 22.8 Å². The van der Waals surface area contributed by atoms with Crippen molar-refractivity contribution in [1.29, 1.82) is 0 Å². The number of amides is 2. The van der Waals surface area contributed by atoms with Crippen LogP contribution in [0.3, 0.4) is 0 Å². The Labute approximate surface area is 201 Å². The zero-order valence-electron chi connectivity index (χ0n) is 19.0. The average Bonchev–Trinajstić information content (AvgIpc) is 3.10. The molecule has 0 bridgehead atoms. The summed E-state index contributed by atoms with van der Waals surface area (Å²) in [5.41, 5.74) is 0.214. The summed E-state index contributed by atoms with van der Waals surface area (Å²) < 4.78 is 41.1. The van der Waals surface area contributed by atoms with Crippen LogP contribution in [0.15, 0.2) is 48.5 Å². The molecule has 2 atom stereocenters. The van der Waals surface area contributed by atoms with Gasteiger partial charge >= 0.3 is 0 Å². The monoisotopic (exact) mass is 493 g/mol. The van der Waals surface area contributed by atoms with Gasteiger partial charge in [0.05, 0.1) is 6.04 Å². The van der Waals surface area contributed by atoms with Crippen molar-refractivity contribution < 1.29 is 22.8 Å². The van der Waals surface area contributed by atoms with E-state index in [-0.39, 0.29) is 16.2 Å². The van der Waals surface area contributed by atoms with E-state index in [1.165, 1.54) is 29.2 Å². The second kappa shape index (κ2) is 9.23. The molecular weight excluding hydrogens is 467 g/mol. The smallest absolute Gasteiger partial charge is 0.252 e. The van der Waals surface area contributed by atoms with E-state index in [2.05, 4.69) is 10.6 Å². The minimum Gasteiger partial charge on any atom is -0.351 e. The number of carbonyl (C=O) groups is 2. The third kappa shape index (κ3) is 5.23. The molecule has 9 heteroatoms. The molecule has 1 saturated carbocycles. The average molecular weight is 494 g/mol. The minimum atomic E-state index is -2.82. The van der Waals surface area contributed by atoms with Crippen LogP contribution in [-0.4, -0.2) is 35.4 Å². The molecule has 2 amide bonds. The van der Waals surface area contributed by atoms with Crippen LogP contribution in [-0.2, 0) is 9.59 Å². The van der Waals surface area contributed by atoms with E-state index < -0.39 is 54.5 Å². The van der Waals surface area contributed by atoms with Gasteiger partial charge in [-0.2, -0.15) is 0 Å². The van der Waals surface area contributed by atoms with Gasteiger partial charge in [0.1, 0.15) is 11.9 Å². The van der Waals surface area contributed by atoms with Crippen molar-refractivity contribution in [3.8, 4) is 0 Å². The molecule has 2 aliphatic rings. The van der Waals surface area contributed by atoms with Crippen LogP contribution in [0, 0.1) is 5.82 Å². The summed E-state index contributed by atoms with van der Waals surface area (Å²) in [6.45, 7) is 3.95. The lowest BCUT2D eigenvalue weighted by Gasteiger charge is -2.39. The fourth-order valence-electron chi connectivity index (χ4n) is 4.64. The van der Waals surface area contributed by atoms with Gasteiger partial charge in [0, 0.05) is 40.7 Å². The number of benzene rings is 2. The maximum atomic E-state index is 14.2. The number of nitrogens with zero attached hydrogens (tertiary/aromatic N) is 1. The molecule has 1 heterocycles. The Morgan fingerprint density at radius 2 is 1.85 bits per heavy atom. The summed E-state index contributed by atoms with van der Waals surface area (Å²) >= 11 is 6.44. The Kier molecular flexibility index (Phi) is 6.66. The second-order valence-electron chi connectivity index (χ2n) is 9.70. The van der Waals surface area contributed by atoms with Crippen molar-refractivity contribution >= 4 is 29.1 Å². The van der Waals surface area contributed by atoms with E-state index in [0.29, 0.717) is 12.0 Å². The Hall–Kier alpha value is -2.58. The molecule has 4 rings (SSSR count). The number of nitrogens with one attached hydrogen (secondary N) is 2. The van der Waals surface area contributed by atoms with Crippen molar-refractivity contribution in [2.45, 2.75) is 69.1 Å². The normalized spacial score (nSPS) is 22.0. The standard InChI is InChI=1S/C25H27ClF3N3O2/c1-24(2)11-10-20(31-24)23(34)32(17-7-5-6-15(27)12-17)21(18-8-3-4-9-19(18)26)22(33)30-16-13-25(28,29)14-16/h3-9,12,16,20-21,31H,10-11,13-14H2,1-2H3,(H,30,33). The molecule has 0 spiro atoms. The Morgan fingerprint density at radius 3 is 2.44 bits per heavy atom. The molecule has 2 unspecified atom stereocenters. The summed E-state index contributed by atoms with van der Waals surface area (Å²) in [6, 6.07) is 9.34. The lowest BCUT2D eigenvalue weighted by atomic mass is 9.87. The van der Waals surface area contributed by atoms with E-state index in [4.69, 9.17) is 11.6 Å². The number of hydrogen-bond donors (Lipinski definition) is 2. The third-order valence-electron chi connectivity index (χ3n) is 6.39. The first kappa shape index (κ1) is 24.5. The molecule has 1 saturated heterocycles. The minimum absolute atomic E-state index is 0.176. The van der Waals surface area contributed by atoms with Gasteiger partial charge < -0.3 is 10.6 Å². The van der Waals surface area contributed by atoms with E-state index in [1.54, 1.807) is 24.3 Å². The predicted molar refractivity (Wildman–Crippen MR) is 124 cm³/mol. The zero-order chi connectivity index (χ0) is 24.7. The number of alkyl halides is 2. The largest absolute Gasteiger partial charge is 0.351 e. The van der Waals surface area contributed by atoms with Crippen LogP contribution in [0.25, 0.3) is 0 Å². The van der Waals surface area contributed by atoms with Crippen LogP contribution in [0.2, 0.25) is 5.02 Å². The van der Waals surface area contributed by atoms with Crippen molar-refractivity contribution in [3.63, 3.8) is 0 Å². The Balaban J connectivity index is 1.76. The maximum absolute atomic E-state index is 14.2. The molecule has 1 aliphatic carbocycles. The molecule has 2 fully saturated rings. The van der Waals surface area contributed by atoms with Gasteiger partial charge in [-0.25, -0.2) is 13.2 Å².